The summed E-state index contributed by atoms with van der Waals surface area (Å²) in [5, 5.41) is 6.41. The number of halogens is 1. The number of carbonyl (C=O) groups excluding carboxylic acids is 3. The second kappa shape index (κ2) is 7.41. The van der Waals surface area contributed by atoms with Gasteiger partial charge in [-0.2, -0.15) is 0 Å². The smallest absolute Gasteiger partial charge is 0.329 e. The number of benzene rings is 1. The van der Waals surface area contributed by atoms with Crippen LogP contribution in [0.3, 0.4) is 0 Å². The number of rotatable bonds is 5. The van der Waals surface area contributed by atoms with Gasteiger partial charge >= 0.3 is 6.03 Å². The molecule has 0 bridgehead atoms. The number of likely N-dealkylation sites (N-methyl/N-ethyl adjacent to an activating group) is 1. The molecule has 0 radical (unpaired) electrons. The second-order valence-corrected chi connectivity index (χ2v) is 6.78. The van der Waals surface area contributed by atoms with Crippen molar-refractivity contribution in [1.29, 1.82) is 0 Å². The first-order chi connectivity index (χ1) is 12.0. The molecule has 0 saturated carbocycles. The van der Waals surface area contributed by atoms with Crippen LogP contribution in [0.15, 0.2) is 24.3 Å². The molecule has 8 heteroatoms. The normalized spacial score (nSPS) is 23.0. The summed E-state index contributed by atoms with van der Waals surface area (Å²) in [5.41, 5.74) is 0.467. The Morgan fingerprint density at radius 2 is 2.04 bits per heavy atom. The van der Waals surface area contributed by atoms with E-state index in [0.717, 1.165) is 24.4 Å². The Kier molecular flexibility index (Phi) is 5.24. The standard InChI is InChI=1S/C17H21ClN4O3/c1-21(13-8-9-19-10-13)15(23)7-6-14-16(24)22(17(25)20-14)12-4-2-11(18)3-5-12/h2-5,13-14,19H,6-10H2,1H3,(H,20,25). The maximum atomic E-state index is 12.5. The molecule has 1 aromatic rings. The van der Waals surface area contributed by atoms with E-state index < -0.39 is 12.1 Å². The van der Waals surface area contributed by atoms with Crippen molar-refractivity contribution >= 4 is 35.1 Å². The molecule has 0 aromatic heterocycles. The molecule has 2 atom stereocenters. The number of carbonyl (C=O) groups is 3. The van der Waals surface area contributed by atoms with Gasteiger partial charge in [0.25, 0.3) is 5.91 Å². The summed E-state index contributed by atoms with van der Waals surface area (Å²) in [6, 6.07) is 5.53. The second-order valence-electron chi connectivity index (χ2n) is 6.34. The average molecular weight is 365 g/mol. The van der Waals surface area contributed by atoms with Crippen molar-refractivity contribution in [2.75, 3.05) is 25.0 Å². The predicted octanol–water partition coefficient (Wildman–Crippen LogP) is 1.37. The van der Waals surface area contributed by atoms with E-state index in [-0.39, 0.29) is 30.7 Å². The summed E-state index contributed by atoms with van der Waals surface area (Å²) in [6.45, 7) is 1.71. The van der Waals surface area contributed by atoms with E-state index in [2.05, 4.69) is 10.6 Å². The molecule has 2 heterocycles. The molecule has 134 valence electrons. The molecule has 2 saturated heterocycles. The molecule has 25 heavy (non-hydrogen) atoms. The summed E-state index contributed by atoms with van der Waals surface area (Å²) in [7, 11) is 1.79. The van der Waals surface area contributed by atoms with Crippen LogP contribution in [-0.2, 0) is 9.59 Å². The Balaban J connectivity index is 1.58. The minimum absolute atomic E-state index is 0.0132. The Bertz CT molecular complexity index is 673. The van der Waals surface area contributed by atoms with Gasteiger partial charge in [0.2, 0.25) is 5.91 Å². The van der Waals surface area contributed by atoms with Gasteiger partial charge in [-0.25, -0.2) is 9.69 Å². The Labute approximate surface area is 151 Å². The average Bonchev–Trinajstić information content (AvgIpc) is 3.22. The van der Waals surface area contributed by atoms with Crippen molar-refractivity contribution in [3.8, 4) is 0 Å². The quantitative estimate of drug-likeness (QED) is 0.773. The van der Waals surface area contributed by atoms with Crippen LogP contribution in [0.4, 0.5) is 10.5 Å². The van der Waals surface area contributed by atoms with E-state index in [1.54, 1.807) is 36.2 Å². The number of hydrogen-bond donors (Lipinski definition) is 2. The van der Waals surface area contributed by atoms with Crippen molar-refractivity contribution < 1.29 is 14.4 Å². The summed E-state index contributed by atoms with van der Waals surface area (Å²) in [6.07, 6.45) is 1.45. The van der Waals surface area contributed by atoms with Crippen LogP contribution in [0.5, 0.6) is 0 Å². The largest absolute Gasteiger partial charge is 0.341 e. The third-order valence-electron chi connectivity index (χ3n) is 4.73. The molecule has 2 N–H and O–H groups in total. The first-order valence-electron chi connectivity index (χ1n) is 8.34. The number of nitrogens with one attached hydrogen (secondary N) is 2. The number of imide groups is 1. The zero-order valence-corrected chi connectivity index (χ0v) is 14.8. The fraction of sp³-hybridized carbons (Fsp3) is 0.471. The van der Waals surface area contributed by atoms with Crippen LogP contribution in [0.2, 0.25) is 5.02 Å². The van der Waals surface area contributed by atoms with Crippen molar-refractivity contribution in [3.63, 3.8) is 0 Å². The first-order valence-corrected chi connectivity index (χ1v) is 8.71. The third-order valence-corrected chi connectivity index (χ3v) is 4.98. The summed E-state index contributed by atoms with van der Waals surface area (Å²) in [4.78, 5) is 39.8. The maximum absolute atomic E-state index is 12.5. The maximum Gasteiger partial charge on any atom is 0.329 e. The van der Waals surface area contributed by atoms with Gasteiger partial charge in [-0.3, -0.25) is 9.59 Å². The van der Waals surface area contributed by atoms with Gasteiger partial charge in [-0.05, 0) is 43.7 Å². The monoisotopic (exact) mass is 364 g/mol. The van der Waals surface area contributed by atoms with E-state index in [9.17, 15) is 14.4 Å². The van der Waals surface area contributed by atoms with Gasteiger partial charge in [0.1, 0.15) is 6.04 Å². The van der Waals surface area contributed by atoms with Gasteiger partial charge in [0.15, 0.2) is 0 Å². The molecule has 4 amide bonds. The molecule has 0 aliphatic carbocycles. The van der Waals surface area contributed by atoms with E-state index in [0.29, 0.717) is 10.7 Å². The Morgan fingerprint density at radius 3 is 2.68 bits per heavy atom. The minimum atomic E-state index is -0.678. The topological polar surface area (TPSA) is 81.8 Å². The SMILES string of the molecule is CN(C(=O)CCC1NC(=O)N(c2ccc(Cl)cc2)C1=O)C1CCNC1. The number of amides is 4. The van der Waals surface area contributed by atoms with E-state index in [4.69, 9.17) is 11.6 Å². The highest BCUT2D eigenvalue weighted by atomic mass is 35.5. The van der Waals surface area contributed by atoms with Crippen molar-refractivity contribution in [1.82, 2.24) is 15.5 Å². The third kappa shape index (κ3) is 3.77. The molecular formula is C17H21ClN4O3. The minimum Gasteiger partial charge on any atom is -0.341 e. The fourth-order valence-corrected chi connectivity index (χ4v) is 3.31. The zero-order valence-electron chi connectivity index (χ0n) is 14.0. The van der Waals surface area contributed by atoms with Crippen LogP contribution >= 0.6 is 11.6 Å². The Morgan fingerprint density at radius 1 is 1.32 bits per heavy atom. The van der Waals surface area contributed by atoms with Crippen LogP contribution in [0, 0.1) is 0 Å². The number of nitrogens with zero attached hydrogens (tertiary/aromatic N) is 2. The van der Waals surface area contributed by atoms with Crippen LogP contribution in [0.25, 0.3) is 0 Å². The van der Waals surface area contributed by atoms with Crippen molar-refractivity contribution in [2.45, 2.75) is 31.3 Å². The van der Waals surface area contributed by atoms with E-state index in [1.807, 2.05) is 0 Å². The molecule has 0 spiro atoms. The highest BCUT2D eigenvalue weighted by molar-refractivity contribution is 6.30. The van der Waals surface area contributed by atoms with Gasteiger partial charge in [-0.15, -0.1) is 0 Å². The van der Waals surface area contributed by atoms with Crippen LogP contribution < -0.4 is 15.5 Å². The number of anilines is 1. The number of hydrogen-bond acceptors (Lipinski definition) is 4. The molecule has 2 fully saturated rings. The molecule has 2 aliphatic rings. The number of urea groups is 1. The molecule has 1 aromatic carbocycles. The lowest BCUT2D eigenvalue weighted by Gasteiger charge is -2.24. The predicted molar refractivity (Wildman–Crippen MR) is 94.5 cm³/mol. The molecule has 2 aliphatic heterocycles. The van der Waals surface area contributed by atoms with Gasteiger partial charge in [0.05, 0.1) is 5.69 Å². The van der Waals surface area contributed by atoms with Crippen molar-refractivity contribution in [2.24, 2.45) is 0 Å². The lowest BCUT2D eigenvalue weighted by Crippen LogP contribution is -2.39. The summed E-state index contributed by atoms with van der Waals surface area (Å²) >= 11 is 5.84. The highest BCUT2D eigenvalue weighted by Crippen LogP contribution is 2.23. The summed E-state index contributed by atoms with van der Waals surface area (Å²) in [5.74, 6) is -0.356. The summed E-state index contributed by atoms with van der Waals surface area (Å²) < 4.78 is 0. The molecular weight excluding hydrogens is 344 g/mol. The lowest BCUT2D eigenvalue weighted by molar-refractivity contribution is -0.131. The fourth-order valence-electron chi connectivity index (χ4n) is 3.18. The molecule has 7 nitrogen and oxygen atoms in total. The molecule has 2 unspecified atom stereocenters. The zero-order chi connectivity index (χ0) is 18.0. The first kappa shape index (κ1) is 17.7. The van der Waals surface area contributed by atoms with Crippen LogP contribution in [0.1, 0.15) is 19.3 Å². The Hall–Kier alpha value is -2.12. The highest BCUT2D eigenvalue weighted by Gasteiger charge is 2.39. The van der Waals surface area contributed by atoms with Gasteiger partial charge in [0, 0.05) is 31.1 Å². The van der Waals surface area contributed by atoms with Crippen molar-refractivity contribution in [3.05, 3.63) is 29.3 Å². The molecule has 3 rings (SSSR count). The van der Waals surface area contributed by atoms with E-state index in [1.165, 1.54) is 0 Å². The van der Waals surface area contributed by atoms with Crippen LogP contribution in [-0.4, -0.2) is 55.0 Å². The lowest BCUT2D eigenvalue weighted by atomic mass is 10.1. The van der Waals surface area contributed by atoms with E-state index >= 15 is 0 Å². The van der Waals surface area contributed by atoms with Gasteiger partial charge in [-0.1, -0.05) is 11.6 Å². The van der Waals surface area contributed by atoms with Gasteiger partial charge < -0.3 is 15.5 Å².